The standard InChI is InChI=1S/C21H33N5O3/c1-16(2)25-11-9-18(10-12-25)24-21(23-15-20-4-3-13-29-20)22-14-17-5-7-19(8-6-17)26(27)28/h5-8,16,18,20H,3-4,9-15H2,1-2H3,(H2,22,23,24). The minimum Gasteiger partial charge on any atom is -0.376 e. The summed E-state index contributed by atoms with van der Waals surface area (Å²) < 4.78 is 5.72. The Kier molecular flexibility index (Phi) is 7.83. The molecular weight excluding hydrogens is 370 g/mol. The van der Waals surface area contributed by atoms with E-state index < -0.39 is 0 Å². The second kappa shape index (κ2) is 10.5. The number of benzene rings is 1. The highest BCUT2D eigenvalue weighted by molar-refractivity contribution is 5.80. The molecule has 0 aromatic heterocycles. The molecule has 0 saturated carbocycles. The van der Waals surface area contributed by atoms with Gasteiger partial charge in [0.15, 0.2) is 5.96 Å². The van der Waals surface area contributed by atoms with Crippen LogP contribution < -0.4 is 10.6 Å². The summed E-state index contributed by atoms with van der Waals surface area (Å²) in [6, 6.07) is 7.57. The molecule has 3 rings (SSSR count). The first-order valence-corrected chi connectivity index (χ1v) is 10.6. The third-order valence-corrected chi connectivity index (χ3v) is 5.69. The van der Waals surface area contributed by atoms with Gasteiger partial charge in [-0.3, -0.25) is 10.1 Å². The van der Waals surface area contributed by atoms with E-state index in [2.05, 4.69) is 29.4 Å². The lowest BCUT2D eigenvalue weighted by molar-refractivity contribution is -0.384. The molecule has 2 saturated heterocycles. The second-order valence-corrected chi connectivity index (χ2v) is 8.15. The number of aliphatic imine (C=N–C) groups is 1. The van der Waals surface area contributed by atoms with E-state index in [1.807, 2.05) is 0 Å². The lowest BCUT2D eigenvalue weighted by Gasteiger charge is -2.35. The van der Waals surface area contributed by atoms with Gasteiger partial charge in [-0.05, 0) is 45.1 Å². The monoisotopic (exact) mass is 403 g/mol. The van der Waals surface area contributed by atoms with E-state index in [1.54, 1.807) is 12.1 Å². The van der Waals surface area contributed by atoms with Crippen molar-refractivity contribution in [1.29, 1.82) is 0 Å². The Balaban J connectivity index is 1.58. The van der Waals surface area contributed by atoms with Gasteiger partial charge in [0.1, 0.15) is 0 Å². The van der Waals surface area contributed by atoms with Crippen LogP contribution in [0, 0.1) is 10.1 Å². The molecule has 0 radical (unpaired) electrons. The zero-order chi connectivity index (χ0) is 20.6. The van der Waals surface area contributed by atoms with E-state index in [1.165, 1.54) is 12.1 Å². The number of nitro groups is 1. The number of nitro benzene ring substituents is 1. The zero-order valence-corrected chi connectivity index (χ0v) is 17.5. The van der Waals surface area contributed by atoms with Crippen LogP contribution in [-0.4, -0.2) is 60.2 Å². The second-order valence-electron chi connectivity index (χ2n) is 8.15. The van der Waals surface area contributed by atoms with E-state index in [0.717, 1.165) is 63.4 Å². The van der Waals surface area contributed by atoms with Crippen LogP contribution in [0.15, 0.2) is 29.3 Å². The van der Waals surface area contributed by atoms with Crippen LogP contribution in [0.1, 0.15) is 45.1 Å². The summed E-state index contributed by atoms with van der Waals surface area (Å²) >= 11 is 0. The van der Waals surface area contributed by atoms with Gasteiger partial charge >= 0.3 is 0 Å². The number of likely N-dealkylation sites (tertiary alicyclic amines) is 1. The average molecular weight is 404 g/mol. The smallest absolute Gasteiger partial charge is 0.269 e. The first kappa shape index (κ1) is 21.5. The molecule has 2 aliphatic rings. The number of hydrogen-bond acceptors (Lipinski definition) is 5. The van der Waals surface area contributed by atoms with Crippen molar-refractivity contribution in [1.82, 2.24) is 15.5 Å². The summed E-state index contributed by atoms with van der Waals surface area (Å²) in [7, 11) is 0. The number of hydrogen-bond donors (Lipinski definition) is 2. The van der Waals surface area contributed by atoms with Crippen LogP contribution in [0.2, 0.25) is 0 Å². The highest BCUT2D eigenvalue weighted by atomic mass is 16.6. The van der Waals surface area contributed by atoms with Gasteiger partial charge < -0.3 is 20.3 Å². The third-order valence-electron chi connectivity index (χ3n) is 5.69. The van der Waals surface area contributed by atoms with Crippen molar-refractivity contribution >= 4 is 11.6 Å². The van der Waals surface area contributed by atoms with Gasteiger partial charge in [0.25, 0.3) is 5.69 Å². The molecule has 1 aromatic rings. The molecule has 0 bridgehead atoms. The van der Waals surface area contributed by atoms with Crippen LogP contribution in [-0.2, 0) is 11.3 Å². The minimum atomic E-state index is -0.382. The lowest BCUT2D eigenvalue weighted by Crippen LogP contribution is -2.50. The number of non-ortho nitro benzene ring substituents is 1. The van der Waals surface area contributed by atoms with E-state index in [-0.39, 0.29) is 16.7 Å². The Hall–Kier alpha value is -2.19. The van der Waals surface area contributed by atoms with Crippen LogP contribution in [0.4, 0.5) is 5.69 Å². The molecule has 1 atom stereocenters. The molecule has 8 heteroatoms. The normalized spacial score (nSPS) is 21.5. The maximum Gasteiger partial charge on any atom is 0.269 e. The summed E-state index contributed by atoms with van der Waals surface area (Å²) in [5.41, 5.74) is 1.05. The molecule has 0 spiro atoms. The van der Waals surface area contributed by atoms with Crippen LogP contribution in [0.25, 0.3) is 0 Å². The maximum absolute atomic E-state index is 10.8. The minimum absolute atomic E-state index is 0.101. The molecular formula is C21H33N5O3. The third kappa shape index (κ3) is 6.68. The molecule has 1 aromatic carbocycles. The van der Waals surface area contributed by atoms with Crippen molar-refractivity contribution in [3.8, 4) is 0 Å². The summed E-state index contributed by atoms with van der Waals surface area (Å²) in [5.74, 6) is 0.793. The van der Waals surface area contributed by atoms with Crippen molar-refractivity contribution in [3.63, 3.8) is 0 Å². The highest BCUT2D eigenvalue weighted by Crippen LogP contribution is 2.15. The van der Waals surface area contributed by atoms with Crippen molar-refractivity contribution < 1.29 is 9.66 Å². The van der Waals surface area contributed by atoms with Gasteiger partial charge in [0, 0.05) is 50.5 Å². The fourth-order valence-electron chi connectivity index (χ4n) is 3.82. The molecule has 1 unspecified atom stereocenters. The van der Waals surface area contributed by atoms with Gasteiger partial charge in [-0.2, -0.15) is 0 Å². The molecule has 160 valence electrons. The van der Waals surface area contributed by atoms with E-state index >= 15 is 0 Å². The van der Waals surface area contributed by atoms with E-state index in [0.29, 0.717) is 18.6 Å². The predicted octanol–water partition coefficient (Wildman–Crippen LogP) is 2.68. The maximum atomic E-state index is 10.8. The van der Waals surface area contributed by atoms with Crippen LogP contribution in [0.3, 0.4) is 0 Å². The number of nitrogens with one attached hydrogen (secondary N) is 2. The van der Waals surface area contributed by atoms with Crippen molar-refractivity contribution in [2.75, 3.05) is 26.2 Å². The predicted molar refractivity (Wildman–Crippen MR) is 114 cm³/mol. The Morgan fingerprint density at radius 2 is 2.00 bits per heavy atom. The Morgan fingerprint density at radius 3 is 2.59 bits per heavy atom. The van der Waals surface area contributed by atoms with Gasteiger partial charge in [0.05, 0.1) is 17.6 Å². The fraction of sp³-hybridized carbons (Fsp3) is 0.667. The van der Waals surface area contributed by atoms with Crippen molar-refractivity contribution in [2.45, 2.75) is 64.3 Å². The molecule has 0 aliphatic carbocycles. The molecule has 0 amide bonds. The number of guanidine groups is 1. The Bertz CT molecular complexity index is 678. The summed E-state index contributed by atoms with van der Waals surface area (Å²) in [5, 5.41) is 17.8. The van der Waals surface area contributed by atoms with Crippen LogP contribution >= 0.6 is 0 Å². The molecule has 2 fully saturated rings. The molecule has 29 heavy (non-hydrogen) atoms. The molecule has 2 heterocycles. The lowest BCUT2D eigenvalue weighted by atomic mass is 10.0. The average Bonchev–Trinajstić information content (AvgIpc) is 3.24. The number of ether oxygens (including phenoxy) is 1. The molecule has 8 nitrogen and oxygen atoms in total. The zero-order valence-electron chi connectivity index (χ0n) is 17.5. The quantitative estimate of drug-likeness (QED) is 0.315. The fourth-order valence-corrected chi connectivity index (χ4v) is 3.82. The highest BCUT2D eigenvalue weighted by Gasteiger charge is 2.22. The summed E-state index contributed by atoms with van der Waals surface area (Å²) in [6.45, 7) is 8.73. The topological polar surface area (TPSA) is 92.0 Å². The van der Waals surface area contributed by atoms with Gasteiger partial charge in [-0.25, -0.2) is 4.99 Å². The molecule has 2 aliphatic heterocycles. The summed E-state index contributed by atoms with van der Waals surface area (Å²) in [6.07, 6.45) is 4.62. The largest absolute Gasteiger partial charge is 0.376 e. The van der Waals surface area contributed by atoms with Crippen molar-refractivity contribution in [3.05, 3.63) is 39.9 Å². The SMILES string of the molecule is CC(C)N1CCC(NC(=NCc2ccc([N+](=O)[O-])cc2)NCC2CCCO2)CC1. The molecule has 2 N–H and O–H groups in total. The van der Waals surface area contributed by atoms with E-state index in [9.17, 15) is 10.1 Å². The first-order valence-electron chi connectivity index (χ1n) is 10.6. The van der Waals surface area contributed by atoms with E-state index in [4.69, 9.17) is 9.73 Å². The summed E-state index contributed by atoms with van der Waals surface area (Å²) in [4.78, 5) is 17.7. The first-order chi connectivity index (χ1) is 14.0. The van der Waals surface area contributed by atoms with Crippen LogP contribution in [0.5, 0.6) is 0 Å². The number of nitrogens with zero attached hydrogens (tertiary/aromatic N) is 3. The van der Waals surface area contributed by atoms with Gasteiger partial charge in [-0.15, -0.1) is 0 Å². The van der Waals surface area contributed by atoms with Gasteiger partial charge in [-0.1, -0.05) is 12.1 Å². The number of rotatable bonds is 7. The number of piperidine rings is 1. The Morgan fingerprint density at radius 1 is 1.28 bits per heavy atom. The Labute approximate surface area is 172 Å². The van der Waals surface area contributed by atoms with Gasteiger partial charge in [0.2, 0.25) is 0 Å². The van der Waals surface area contributed by atoms with Crippen molar-refractivity contribution in [2.24, 2.45) is 4.99 Å².